The van der Waals surface area contributed by atoms with Crippen LogP contribution >= 0.6 is 0 Å². The van der Waals surface area contributed by atoms with Gasteiger partial charge >= 0.3 is 0 Å². The van der Waals surface area contributed by atoms with Crippen LogP contribution < -0.4 is 0 Å². The molecule has 0 saturated carbocycles. The van der Waals surface area contributed by atoms with Crippen LogP contribution in [-0.4, -0.2) is 0 Å². The molecule has 0 bridgehead atoms. The van der Waals surface area contributed by atoms with Crippen molar-refractivity contribution in [1.82, 2.24) is 0 Å². The summed E-state index contributed by atoms with van der Waals surface area (Å²) in [6, 6.07) is 25.2. The van der Waals surface area contributed by atoms with Crippen LogP contribution in [0.3, 0.4) is 0 Å². The Morgan fingerprint density at radius 3 is 1.49 bits per heavy atom. The maximum atomic E-state index is 2.36. The van der Waals surface area contributed by atoms with Crippen LogP contribution in [0.2, 0.25) is 0 Å². The summed E-state index contributed by atoms with van der Waals surface area (Å²) in [5.41, 5.74) is 10.1. The van der Waals surface area contributed by atoms with E-state index in [1.54, 1.807) is 0 Å². The highest BCUT2D eigenvalue weighted by atomic mass is 14.2. The van der Waals surface area contributed by atoms with Gasteiger partial charge in [-0.3, -0.25) is 0 Å². The third-order valence-corrected chi connectivity index (χ3v) is 7.47. The Morgan fingerprint density at radius 1 is 0.429 bits per heavy atom. The summed E-state index contributed by atoms with van der Waals surface area (Å²) in [6.45, 7) is 6.87. The van der Waals surface area contributed by atoms with Gasteiger partial charge in [-0.05, 0) is 71.6 Å². The second-order valence-corrected chi connectivity index (χ2v) is 10.3. The normalized spacial score (nSPS) is 11.2. The molecule has 0 unspecified atom stereocenters. The van der Waals surface area contributed by atoms with Crippen molar-refractivity contribution in [3.8, 4) is 22.3 Å². The van der Waals surface area contributed by atoms with E-state index in [0.29, 0.717) is 0 Å². The average molecular weight is 469 g/mol. The van der Waals surface area contributed by atoms with Crippen LogP contribution in [0.25, 0.3) is 22.3 Å². The lowest BCUT2D eigenvalue weighted by atomic mass is 9.85. The van der Waals surface area contributed by atoms with Crippen molar-refractivity contribution in [2.45, 2.75) is 111 Å². The lowest BCUT2D eigenvalue weighted by Crippen LogP contribution is -1.97. The molecule has 0 heteroatoms. The Labute approximate surface area is 216 Å². The molecule has 0 N–H and O–H groups in total. The van der Waals surface area contributed by atoms with Crippen LogP contribution in [0.5, 0.6) is 0 Å². The minimum atomic E-state index is 1.18. The standard InChI is InChI=1S/C35H48/c1-4-6-8-10-12-14-22-30-24-16-18-26-32(30)34-28-20-21-29(3)35(34)33-27-19-17-25-31(33)23-15-13-11-9-7-5-2/h16-21,24-28H,4-15,22-23H2,1-3H3. The molecule has 0 radical (unpaired) electrons. The molecule has 0 nitrogen and oxygen atoms in total. The summed E-state index contributed by atoms with van der Waals surface area (Å²) in [5.74, 6) is 0. The van der Waals surface area contributed by atoms with Crippen molar-refractivity contribution in [3.63, 3.8) is 0 Å². The highest BCUT2D eigenvalue weighted by molar-refractivity contribution is 5.88. The van der Waals surface area contributed by atoms with E-state index < -0.39 is 0 Å². The molecule has 3 rings (SSSR count). The summed E-state index contributed by atoms with van der Waals surface area (Å²) in [6.07, 6.45) is 18.5. The van der Waals surface area contributed by atoms with E-state index in [9.17, 15) is 0 Å². The Balaban J connectivity index is 1.82. The zero-order chi connectivity index (χ0) is 24.7. The number of rotatable bonds is 16. The molecule has 0 spiro atoms. The Bertz CT molecular complexity index is 996. The molecule has 0 fully saturated rings. The maximum Gasteiger partial charge on any atom is -0.00733 e. The summed E-state index contributed by atoms with van der Waals surface area (Å²) < 4.78 is 0. The largest absolute Gasteiger partial charge is 0.0654 e. The van der Waals surface area contributed by atoms with E-state index in [4.69, 9.17) is 0 Å². The van der Waals surface area contributed by atoms with Crippen LogP contribution in [0, 0.1) is 6.92 Å². The minimum absolute atomic E-state index is 1.18. The van der Waals surface area contributed by atoms with Gasteiger partial charge < -0.3 is 0 Å². The number of hydrogen-bond donors (Lipinski definition) is 0. The molecule has 0 aromatic heterocycles. The van der Waals surface area contributed by atoms with Crippen LogP contribution in [0.15, 0.2) is 66.7 Å². The predicted molar refractivity (Wildman–Crippen MR) is 156 cm³/mol. The number of benzene rings is 3. The van der Waals surface area contributed by atoms with Crippen molar-refractivity contribution in [2.24, 2.45) is 0 Å². The van der Waals surface area contributed by atoms with Gasteiger partial charge in [-0.1, -0.05) is 145 Å². The minimum Gasteiger partial charge on any atom is -0.0654 e. The zero-order valence-corrected chi connectivity index (χ0v) is 22.8. The topological polar surface area (TPSA) is 0 Å². The lowest BCUT2D eigenvalue weighted by Gasteiger charge is -2.19. The van der Waals surface area contributed by atoms with E-state index in [2.05, 4.69) is 87.5 Å². The van der Waals surface area contributed by atoms with Gasteiger partial charge in [0.15, 0.2) is 0 Å². The van der Waals surface area contributed by atoms with Crippen LogP contribution in [0.1, 0.15) is 108 Å². The van der Waals surface area contributed by atoms with E-state index in [1.807, 2.05) is 0 Å². The molecule has 0 atom stereocenters. The zero-order valence-electron chi connectivity index (χ0n) is 22.8. The van der Waals surface area contributed by atoms with Crippen LogP contribution in [0.4, 0.5) is 0 Å². The Hall–Kier alpha value is -2.34. The number of aryl methyl sites for hydroxylation is 3. The Morgan fingerprint density at radius 2 is 0.886 bits per heavy atom. The van der Waals surface area contributed by atoms with Gasteiger partial charge in [-0.25, -0.2) is 0 Å². The van der Waals surface area contributed by atoms with Gasteiger partial charge in [0.2, 0.25) is 0 Å². The van der Waals surface area contributed by atoms with Gasteiger partial charge in [0.25, 0.3) is 0 Å². The summed E-state index contributed by atoms with van der Waals surface area (Å²) in [4.78, 5) is 0. The van der Waals surface area contributed by atoms with E-state index in [0.717, 1.165) is 0 Å². The summed E-state index contributed by atoms with van der Waals surface area (Å²) >= 11 is 0. The second kappa shape index (κ2) is 15.6. The lowest BCUT2D eigenvalue weighted by molar-refractivity contribution is 0.607. The van der Waals surface area contributed by atoms with E-state index in [-0.39, 0.29) is 0 Å². The predicted octanol–water partition coefficient (Wildman–Crippen LogP) is 11.1. The first-order chi connectivity index (χ1) is 17.3. The second-order valence-electron chi connectivity index (χ2n) is 10.3. The van der Waals surface area contributed by atoms with E-state index >= 15 is 0 Å². The molecular weight excluding hydrogens is 420 g/mol. The molecule has 35 heavy (non-hydrogen) atoms. The number of unbranched alkanes of at least 4 members (excludes halogenated alkanes) is 10. The maximum absolute atomic E-state index is 2.36. The molecule has 0 amide bonds. The smallest absolute Gasteiger partial charge is 0.00733 e. The van der Waals surface area contributed by atoms with Gasteiger partial charge in [0.05, 0.1) is 0 Å². The summed E-state index contributed by atoms with van der Waals surface area (Å²) in [5, 5.41) is 0. The van der Waals surface area contributed by atoms with E-state index in [1.165, 1.54) is 129 Å². The van der Waals surface area contributed by atoms with Crippen molar-refractivity contribution in [3.05, 3.63) is 83.4 Å². The highest BCUT2D eigenvalue weighted by Gasteiger charge is 2.15. The summed E-state index contributed by atoms with van der Waals surface area (Å²) in [7, 11) is 0. The van der Waals surface area contributed by atoms with Crippen molar-refractivity contribution < 1.29 is 0 Å². The van der Waals surface area contributed by atoms with Crippen LogP contribution in [-0.2, 0) is 12.8 Å². The van der Waals surface area contributed by atoms with Gasteiger partial charge in [0.1, 0.15) is 0 Å². The molecule has 3 aromatic carbocycles. The molecule has 0 aliphatic carbocycles. The molecule has 0 aliphatic rings. The molecule has 188 valence electrons. The van der Waals surface area contributed by atoms with Crippen molar-refractivity contribution in [1.29, 1.82) is 0 Å². The third kappa shape index (κ3) is 8.38. The van der Waals surface area contributed by atoms with Gasteiger partial charge in [0, 0.05) is 0 Å². The highest BCUT2D eigenvalue weighted by Crippen LogP contribution is 2.38. The quantitative estimate of drug-likeness (QED) is 0.183. The molecule has 3 aromatic rings. The first-order valence-electron chi connectivity index (χ1n) is 14.5. The molecule has 0 saturated heterocycles. The Kier molecular flexibility index (Phi) is 12.2. The first kappa shape index (κ1) is 27.3. The molecule has 0 aliphatic heterocycles. The molecular formula is C35H48. The van der Waals surface area contributed by atoms with Crippen molar-refractivity contribution >= 4 is 0 Å². The van der Waals surface area contributed by atoms with Gasteiger partial charge in [-0.15, -0.1) is 0 Å². The molecule has 0 heterocycles. The fourth-order valence-corrected chi connectivity index (χ4v) is 5.42. The first-order valence-corrected chi connectivity index (χ1v) is 14.5. The number of hydrogen-bond acceptors (Lipinski definition) is 0. The third-order valence-electron chi connectivity index (χ3n) is 7.47. The van der Waals surface area contributed by atoms with Crippen molar-refractivity contribution in [2.75, 3.05) is 0 Å². The van der Waals surface area contributed by atoms with Gasteiger partial charge in [-0.2, -0.15) is 0 Å². The average Bonchev–Trinajstić information content (AvgIpc) is 2.89. The monoisotopic (exact) mass is 468 g/mol. The SMILES string of the molecule is CCCCCCCCc1ccccc1-c1cccc(C)c1-c1ccccc1CCCCCCCC. The fourth-order valence-electron chi connectivity index (χ4n) is 5.42. The fraction of sp³-hybridized carbons (Fsp3) is 0.486.